The smallest absolute Gasteiger partial charge is 0.313 e. The topological polar surface area (TPSA) is 58.2 Å². The average Bonchev–Trinajstić information content (AvgIpc) is 2.51. The molecule has 0 aliphatic carbocycles. The fourth-order valence-corrected chi connectivity index (χ4v) is 2.00. The molecule has 5 heteroatoms. The Labute approximate surface area is 134 Å². The summed E-state index contributed by atoms with van der Waals surface area (Å²) in [6, 6.07) is 14.6. The third kappa shape index (κ3) is 4.90. The average molecular weight is 317 g/mol. The van der Waals surface area contributed by atoms with Crippen molar-refractivity contribution in [1.29, 1.82) is 0 Å². The standard InChI is InChI=1S/C17H17ClN2O2/c1-12-2-8-15(9-3-12)20-17(22)16(21)19-11-10-13-4-6-14(18)7-5-13/h2-9H,10-11H2,1H3,(H,19,21)(H,20,22). The number of anilines is 1. The number of halogens is 1. The van der Waals surface area contributed by atoms with Gasteiger partial charge >= 0.3 is 11.8 Å². The predicted molar refractivity (Wildman–Crippen MR) is 88.0 cm³/mol. The molecule has 0 atom stereocenters. The van der Waals surface area contributed by atoms with E-state index in [9.17, 15) is 9.59 Å². The summed E-state index contributed by atoms with van der Waals surface area (Å²) < 4.78 is 0. The Kier molecular flexibility index (Phi) is 5.55. The predicted octanol–water partition coefficient (Wildman–Crippen LogP) is 2.95. The van der Waals surface area contributed by atoms with Crippen LogP contribution in [0.1, 0.15) is 11.1 Å². The first-order valence-electron chi connectivity index (χ1n) is 6.95. The molecule has 0 bridgehead atoms. The van der Waals surface area contributed by atoms with E-state index in [1.165, 1.54) is 0 Å². The number of amides is 2. The van der Waals surface area contributed by atoms with E-state index in [2.05, 4.69) is 10.6 Å². The van der Waals surface area contributed by atoms with Gasteiger partial charge in [-0.05, 0) is 43.2 Å². The first-order valence-corrected chi connectivity index (χ1v) is 7.33. The van der Waals surface area contributed by atoms with Crippen LogP contribution in [0.15, 0.2) is 48.5 Å². The van der Waals surface area contributed by atoms with Gasteiger partial charge in [-0.3, -0.25) is 9.59 Å². The molecule has 114 valence electrons. The normalized spacial score (nSPS) is 10.1. The van der Waals surface area contributed by atoms with Crippen LogP contribution in [0.4, 0.5) is 5.69 Å². The number of aryl methyl sites for hydroxylation is 1. The van der Waals surface area contributed by atoms with E-state index in [1.54, 1.807) is 24.3 Å². The van der Waals surface area contributed by atoms with Crippen molar-refractivity contribution in [2.75, 3.05) is 11.9 Å². The molecule has 0 saturated carbocycles. The molecule has 2 aromatic rings. The summed E-state index contributed by atoms with van der Waals surface area (Å²) in [6.07, 6.45) is 0.640. The molecule has 2 aromatic carbocycles. The highest BCUT2D eigenvalue weighted by atomic mass is 35.5. The summed E-state index contributed by atoms with van der Waals surface area (Å²) in [6.45, 7) is 2.34. The maximum absolute atomic E-state index is 11.7. The van der Waals surface area contributed by atoms with Crippen LogP contribution >= 0.6 is 11.6 Å². The number of nitrogens with one attached hydrogen (secondary N) is 2. The summed E-state index contributed by atoms with van der Waals surface area (Å²) in [5.41, 5.74) is 2.73. The molecule has 2 amide bonds. The minimum atomic E-state index is -0.667. The van der Waals surface area contributed by atoms with Crippen molar-refractivity contribution in [3.8, 4) is 0 Å². The highest BCUT2D eigenvalue weighted by molar-refractivity contribution is 6.39. The van der Waals surface area contributed by atoms with Crippen molar-refractivity contribution in [3.63, 3.8) is 0 Å². The van der Waals surface area contributed by atoms with Gasteiger partial charge in [0.2, 0.25) is 0 Å². The molecule has 0 saturated heterocycles. The fourth-order valence-electron chi connectivity index (χ4n) is 1.88. The largest absolute Gasteiger partial charge is 0.347 e. The molecule has 2 N–H and O–H groups in total. The third-order valence-electron chi connectivity index (χ3n) is 3.13. The molecule has 0 radical (unpaired) electrons. The lowest BCUT2D eigenvalue weighted by molar-refractivity contribution is -0.136. The number of carbonyl (C=O) groups excluding carboxylic acids is 2. The van der Waals surface area contributed by atoms with Gasteiger partial charge in [0.25, 0.3) is 0 Å². The van der Waals surface area contributed by atoms with E-state index in [0.717, 1.165) is 11.1 Å². The monoisotopic (exact) mass is 316 g/mol. The Morgan fingerprint density at radius 2 is 1.59 bits per heavy atom. The van der Waals surface area contributed by atoms with Gasteiger partial charge < -0.3 is 10.6 Å². The van der Waals surface area contributed by atoms with E-state index in [4.69, 9.17) is 11.6 Å². The first kappa shape index (κ1) is 16.0. The van der Waals surface area contributed by atoms with Crippen molar-refractivity contribution < 1.29 is 9.59 Å². The summed E-state index contributed by atoms with van der Waals surface area (Å²) >= 11 is 5.80. The van der Waals surface area contributed by atoms with Crippen LogP contribution in [0.2, 0.25) is 5.02 Å². The van der Waals surface area contributed by atoms with Crippen molar-refractivity contribution in [1.82, 2.24) is 5.32 Å². The van der Waals surface area contributed by atoms with Gasteiger partial charge in [0, 0.05) is 17.3 Å². The van der Waals surface area contributed by atoms with Crippen LogP contribution < -0.4 is 10.6 Å². The first-order chi connectivity index (χ1) is 10.5. The highest BCUT2D eigenvalue weighted by Gasteiger charge is 2.12. The van der Waals surface area contributed by atoms with Crippen LogP contribution in [-0.4, -0.2) is 18.4 Å². The Morgan fingerprint density at radius 3 is 2.23 bits per heavy atom. The Bertz CT molecular complexity index is 651. The number of carbonyl (C=O) groups is 2. The number of hydrogen-bond donors (Lipinski definition) is 2. The van der Waals surface area contributed by atoms with Crippen molar-refractivity contribution in [2.45, 2.75) is 13.3 Å². The molecule has 0 aromatic heterocycles. The second-order valence-electron chi connectivity index (χ2n) is 4.95. The van der Waals surface area contributed by atoms with Gasteiger partial charge in [-0.25, -0.2) is 0 Å². The number of benzene rings is 2. The number of hydrogen-bond acceptors (Lipinski definition) is 2. The molecule has 4 nitrogen and oxygen atoms in total. The maximum Gasteiger partial charge on any atom is 0.313 e. The molecule has 0 spiro atoms. The lowest BCUT2D eigenvalue weighted by Crippen LogP contribution is -2.36. The Morgan fingerprint density at radius 1 is 0.955 bits per heavy atom. The van der Waals surface area contributed by atoms with Crippen LogP contribution in [0, 0.1) is 6.92 Å². The summed E-state index contributed by atoms with van der Waals surface area (Å²) in [5.74, 6) is -1.31. The van der Waals surface area contributed by atoms with Crippen LogP contribution in [-0.2, 0) is 16.0 Å². The van der Waals surface area contributed by atoms with Crippen LogP contribution in [0.25, 0.3) is 0 Å². The van der Waals surface area contributed by atoms with Crippen molar-refractivity contribution in [2.24, 2.45) is 0 Å². The molecule has 22 heavy (non-hydrogen) atoms. The van der Waals surface area contributed by atoms with Crippen molar-refractivity contribution in [3.05, 3.63) is 64.7 Å². The lowest BCUT2D eigenvalue weighted by Gasteiger charge is -2.07. The second kappa shape index (κ2) is 7.61. The Balaban J connectivity index is 1.77. The third-order valence-corrected chi connectivity index (χ3v) is 3.38. The summed E-state index contributed by atoms with van der Waals surface area (Å²) in [4.78, 5) is 23.5. The molecule has 0 unspecified atom stereocenters. The molecular weight excluding hydrogens is 300 g/mol. The lowest BCUT2D eigenvalue weighted by atomic mass is 10.1. The van der Waals surface area contributed by atoms with E-state index in [1.807, 2.05) is 31.2 Å². The van der Waals surface area contributed by atoms with Crippen molar-refractivity contribution >= 4 is 29.1 Å². The van der Waals surface area contributed by atoms with Crippen LogP contribution in [0.5, 0.6) is 0 Å². The zero-order chi connectivity index (χ0) is 15.9. The van der Waals surface area contributed by atoms with E-state index in [0.29, 0.717) is 23.7 Å². The maximum atomic E-state index is 11.7. The van der Waals surface area contributed by atoms with Gasteiger partial charge in [-0.2, -0.15) is 0 Å². The van der Waals surface area contributed by atoms with Gasteiger partial charge in [-0.15, -0.1) is 0 Å². The van der Waals surface area contributed by atoms with Gasteiger partial charge in [0.05, 0.1) is 0 Å². The molecule has 0 aliphatic rings. The van der Waals surface area contributed by atoms with Gasteiger partial charge in [0.15, 0.2) is 0 Å². The molecular formula is C17H17ClN2O2. The fraction of sp³-hybridized carbons (Fsp3) is 0.176. The minimum absolute atomic E-state index is 0.391. The van der Waals surface area contributed by atoms with Crippen LogP contribution in [0.3, 0.4) is 0 Å². The Hall–Kier alpha value is -2.33. The molecule has 0 heterocycles. The summed E-state index contributed by atoms with van der Waals surface area (Å²) in [7, 11) is 0. The van der Waals surface area contributed by atoms with E-state index in [-0.39, 0.29) is 0 Å². The SMILES string of the molecule is Cc1ccc(NC(=O)C(=O)NCCc2ccc(Cl)cc2)cc1. The minimum Gasteiger partial charge on any atom is -0.347 e. The number of rotatable bonds is 4. The highest BCUT2D eigenvalue weighted by Crippen LogP contribution is 2.10. The van der Waals surface area contributed by atoms with E-state index >= 15 is 0 Å². The molecule has 0 aliphatic heterocycles. The second-order valence-corrected chi connectivity index (χ2v) is 5.39. The summed E-state index contributed by atoms with van der Waals surface area (Å²) in [5, 5.41) is 5.82. The zero-order valence-electron chi connectivity index (χ0n) is 12.2. The van der Waals surface area contributed by atoms with Gasteiger partial charge in [0.1, 0.15) is 0 Å². The molecule has 0 fully saturated rings. The molecule has 2 rings (SSSR count). The van der Waals surface area contributed by atoms with E-state index < -0.39 is 11.8 Å². The quantitative estimate of drug-likeness (QED) is 0.852. The van der Waals surface area contributed by atoms with Gasteiger partial charge in [-0.1, -0.05) is 41.4 Å². The zero-order valence-corrected chi connectivity index (χ0v) is 13.0.